The Morgan fingerprint density at radius 2 is 0.886 bits per heavy atom. The van der Waals surface area contributed by atoms with Crippen molar-refractivity contribution in [1.82, 2.24) is 0 Å². The van der Waals surface area contributed by atoms with Gasteiger partial charge < -0.3 is 29.2 Å². The lowest BCUT2D eigenvalue weighted by atomic mass is 9.73. The summed E-state index contributed by atoms with van der Waals surface area (Å²) in [5.74, 6) is 4.27. The first kappa shape index (κ1) is 59.1. The summed E-state index contributed by atoms with van der Waals surface area (Å²) in [5, 5.41) is 22.6. The molecule has 0 fully saturated rings. The number of carbonyl (C=O) groups excluding carboxylic acids is 2. The zero-order valence-electron chi connectivity index (χ0n) is 47.7. The Balaban J connectivity index is 1.60. The summed E-state index contributed by atoms with van der Waals surface area (Å²) in [4.78, 5) is 28.4. The predicted octanol–water partition coefficient (Wildman–Crippen LogP) is 16.4. The summed E-state index contributed by atoms with van der Waals surface area (Å²) in [6.07, 6.45) is 19.1. The molecule has 8 nitrogen and oxygen atoms in total. The molecular formula is C62H102O8. The van der Waals surface area contributed by atoms with Crippen molar-refractivity contribution in [3.63, 3.8) is 0 Å². The van der Waals surface area contributed by atoms with Crippen molar-refractivity contribution in [2.45, 2.75) is 270 Å². The first-order chi connectivity index (χ1) is 32.8. The zero-order chi connectivity index (χ0) is 52.2. The molecule has 4 rings (SSSR count). The van der Waals surface area contributed by atoms with Crippen LogP contribution in [0.4, 0.5) is 0 Å². The van der Waals surface area contributed by atoms with Gasteiger partial charge in [0.25, 0.3) is 0 Å². The smallest absolute Gasteiger partial charge is 0.348 e. The number of aromatic hydroxyl groups is 2. The van der Waals surface area contributed by atoms with Crippen LogP contribution >= 0.6 is 0 Å². The van der Waals surface area contributed by atoms with E-state index in [1.54, 1.807) is 0 Å². The number of hydrogen-bond donors (Lipinski definition) is 2. The second-order valence-corrected chi connectivity index (χ2v) is 24.6. The molecule has 3 unspecified atom stereocenters. The Kier molecular flexibility index (Phi) is 22.4. The second kappa shape index (κ2) is 26.5. The van der Waals surface area contributed by atoms with Gasteiger partial charge in [0.2, 0.25) is 6.10 Å². The van der Waals surface area contributed by atoms with Crippen LogP contribution in [0.2, 0.25) is 0 Å². The van der Waals surface area contributed by atoms with Gasteiger partial charge in [-0.05, 0) is 156 Å². The minimum absolute atomic E-state index is 0.218. The highest BCUT2D eigenvalue weighted by molar-refractivity contribution is 5.80. The van der Waals surface area contributed by atoms with Gasteiger partial charge in [0.1, 0.15) is 40.3 Å². The summed E-state index contributed by atoms with van der Waals surface area (Å²) < 4.78 is 27.1. The number of phenols is 2. The average Bonchev–Trinajstić information content (AvgIpc) is 3.28. The number of ether oxygens (including phenoxy) is 4. The Hall–Kier alpha value is -3.42. The number of hydrogen-bond acceptors (Lipinski definition) is 8. The standard InChI is InChI=1S/C62H102O8/c1-38(2)24-18-26-40(5)28-20-30-42(7)32-22-34-61(16)53(36-51-48(13)55(64)44(9)46(11)57(51)69-61)59(67-50(15)63)60(66)68-54-37-52-49(14)56(65)45(10)47(12)58(52)70-62(54,17)35-23-33-43(8)31-21-29-41(6)27-19-25-39(3)4/h38-43,53-54,59,64-65H,18-37H2,1-17H3/t40-,41-,42+,43+,53?,54?,59?,61-,62-/m0/s1. The molecule has 2 aliphatic heterocycles. The molecule has 8 heteroatoms. The largest absolute Gasteiger partial charge is 0.507 e. The van der Waals surface area contributed by atoms with E-state index in [4.69, 9.17) is 18.9 Å². The molecule has 398 valence electrons. The van der Waals surface area contributed by atoms with Crippen LogP contribution in [-0.4, -0.2) is 45.6 Å². The van der Waals surface area contributed by atoms with Gasteiger partial charge in [-0.3, -0.25) is 4.79 Å². The van der Waals surface area contributed by atoms with Crippen molar-refractivity contribution in [2.24, 2.45) is 41.4 Å². The lowest BCUT2D eigenvalue weighted by Gasteiger charge is -2.47. The van der Waals surface area contributed by atoms with Gasteiger partial charge in [-0.2, -0.15) is 0 Å². The van der Waals surface area contributed by atoms with E-state index in [9.17, 15) is 15.0 Å². The molecule has 0 aliphatic carbocycles. The van der Waals surface area contributed by atoms with Crippen molar-refractivity contribution >= 4 is 11.9 Å². The number of carbonyl (C=O) groups is 2. The van der Waals surface area contributed by atoms with E-state index < -0.39 is 41.3 Å². The Morgan fingerprint density at radius 3 is 1.29 bits per heavy atom. The predicted molar refractivity (Wildman–Crippen MR) is 288 cm³/mol. The van der Waals surface area contributed by atoms with E-state index in [0.29, 0.717) is 43.1 Å². The first-order valence-electron chi connectivity index (χ1n) is 28.2. The van der Waals surface area contributed by atoms with Crippen molar-refractivity contribution in [1.29, 1.82) is 0 Å². The molecule has 0 saturated carbocycles. The average molecular weight is 975 g/mol. The molecule has 9 atom stereocenters. The van der Waals surface area contributed by atoms with E-state index in [0.717, 1.165) is 99.8 Å². The highest BCUT2D eigenvalue weighted by Gasteiger charge is 2.52. The summed E-state index contributed by atoms with van der Waals surface area (Å²) >= 11 is 0. The maximum absolute atomic E-state index is 15.2. The summed E-state index contributed by atoms with van der Waals surface area (Å²) in [6, 6.07) is 0. The van der Waals surface area contributed by atoms with Gasteiger partial charge in [-0.1, -0.05) is 145 Å². The van der Waals surface area contributed by atoms with Gasteiger partial charge in [0.05, 0.1) is 5.92 Å². The van der Waals surface area contributed by atoms with E-state index in [2.05, 4.69) is 69.2 Å². The van der Waals surface area contributed by atoms with Crippen LogP contribution in [0.15, 0.2) is 0 Å². The molecule has 0 aromatic heterocycles. The Bertz CT molecular complexity index is 2020. The highest BCUT2D eigenvalue weighted by Crippen LogP contribution is 2.50. The number of phenolic OH excluding ortho intramolecular Hbond substituents is 2. The topological polar surface area (TPSA) is 112 Å². The number of fused-ring (bicyclic) bond motifs is 2. The monoisotopic (exact) mass is 975 g/mol. The number of rotatable bonds is 28. The maximum Gasteiger partial charge on any atom is 0.348 e. The van der Waals surface area contributed by atoms with Gasteiger partial charge in [0.15, 0.2) is 0 Å². The van der Waals surface area contributed by atoms with Crippen molar-refractivity contribution < 1.29 is 38.7 Å². The molecule has 2 aromatic rings. The van der Waals surface area contributed by atoms with Crippen molar-refractivity contribution in [2.75, 3.05) is 0 Å². The first-order valence-corrected chi connectivity index (χ1v) is 28.2. The third-order valence-corrected chi connectivity index (χ3v) is 17.3. The molecule has 2 N–H and O–H groups in total. The lowest BCUT2D eigenvalue weighted by Crippen LogP contribution is -2.57. The van der Waals surface area contributed by atoms with Crippen LogP contribution in [-0.2, 0) is 31.9 Å². The van der Waals surface area contributed by atoms with Crippen molar-refractivity contribution in [3.05, 3.63) is 44.5 Å². The van der Waals surface area contributed by atoms with Crippen LogP contribution < -0.4 is 9.47 Å². The summed E-state index contributed by atoms with van der Waals surface area (Å²) in [7, 11) is 0. The zero-order valence-corrected chi connectivity index (χ0v) is 47.7. The molecule has 2 heterocycles. The number of benzene rings is 2. The van der Waals surface area contributed by atoms with Crippen LogP contribution in [0.25, 0.3) is 0 Å². The molecule has 0 radical (unpaired) electrons. The quantitative estimate of drug-likeness (QED) is 0.0811. The molecule has 0 saturated heterocycles. The third kappa shape index (κ3) is 15.8. The fourth-order valence-electron chi connectivity index (χ4n) is 11.8. The Morgan fingerprint density at radius 1 is 0.529 bits per heavy atom. The second-order valence-electron chi connectivity index (χ2n) is 24.6. The van der Waals surface area contributed by atoms with Crippen LogP contribution in [0.5, 0.6) is 23.0 Å². The molecule has 0 bridgehead atoms. The molecule has 2 aliphatic rings. The third-order valence-electron chi connectivity index (χ3n) is 17.3. The number of esters is 2. The highest BCUT2D eigenvalue weighted by atomic mass is 16.6. The molecule has 0 spiro atoms. The summed E-state index contributed by atoms with van der Waals surface area (Å²) in [5.41, 5.74) is 4.66. The molecule has 70 heavy (non-hydrogen) atoms. The van der Waals surface area contributed by atoms with Crippen molar-refractivity contribution in [3.8, 4) is 23.0 Å². The lowest BCUT2D eigenvalue weighted by molar-refractivity contribution is -0.190. The van der Waals surface area contributed by atoms with E-state index in [-0.39, 0.29) is 11.5 Å². The normalized spacial score (nSPS) is 22.1. The van der Waals surface area contributed by atoms with Gasteiger partial charge in [-0.25, -0.2) is 4.79 Å². The van der Waals surface area contributed by atoms with E-state index in [1.165, 1.54) is 84.0 Å². The van der Waals surface area contributed by atoms with Crippen LogP contribution in [0, 0.1) is 83.0 Å². The minimum Gasteiger partial charge on any atom is -0.507 e. The fourth-order valence-corrected chi connectivity index (χ4v) is 11.8. The van der Waals surface area contributed by atoms with Gasteiger partial charge in [0, 0.05) is 24.5 Å². The maximum atomic E-state index is 15.2. The Labute approximate surface area is 427 Å². The van der Waals surface area contributed by atoms with Gasteiger partial charge >= 0.3 is 11.9 Å². The van der Waals surface area contributed by atoms with E-state index in [1.807, 2.05) is 41.5 Å². The van der Waals surface area contributed by atoms with Crippen LogP contribution in [0.3, 0.4) is 0 Å². The molecule has 0 amide bonds. The molecular weight excluding hydrogens is 873 g/mol. The SMILES string of the molecule is CC(=O)OC(C(=O)OC1Cc2c(C)c(O)c(C)c(C)c2O[C@@]1(C)CCC[C@H](C)CCC[C@@H](C)CCCC(C)C)C1Cc2c(C)c(O)c(C)c(C)c2O[C@@]1(C)CCC[C@H](C)CCC[C@@H](C)CCCC(C)C. The van der Waals surface area contributed by atoms with E-state index >= 15 is 4.79 Å². The van der Waals surface area contributed by atoms with Gasteiger partial charge in [-0.15, -0.1) is 0 Å². The van der Waals surface area contributed by atoms with Crippen LogP contribution in [0.1, 0.15) is 236 Å². The molecule has 2 aromatic carbocycles. The fraction of sp³-hybridized carbons (Fsp3) is 0.774. The minimum atomic E-state index is -1.28. The summed E-state index contributed by atoms with van der Waals surface area (Å²) in [6.45, 7) is 35.8.